The molecule has 3 nitrogen and oxygen atoms in total. The summed E-state index contributed by atoms with van der Waals surface area (Å²) in [4.78, 5) is 16.8. The van der Waals surface area contributed by atoms with Gasteiger partial charge in [0.1, 0.15) is 0 Å². The number of rotatable bonds is 4. The predicted octanol–water partition coefficient (Wildman–Crippen LogP) is 5.25. The van der Waals surface area contributed by atoms with E-state index in [1.807, 2.05) is 32.0 Å². The van der Waals surface area contributed by atoms with Crippen LogP contribution in [0.1, 0.15) is 11.1 Å². The Bertz CT molecular complexity index is 820. The Labute approximate surface area is 157 Å². The summed E-state index contributed by atoms with van der Waals surface area (Å²) in [5.74, 6) is 0.367. The van der Waals surface area contributed by atoms with Crippen molar-refractivity contribution in [3.8, 4) is 0 Å². The van der Waals surface area contributed by atoms with Crippen LogP contribution in [0.15, 0.2) is 40.7 Å². The van der Waals surface area contributed by atoms with E-state index >= 15 is 0 Å². The van der Waals surface area contributed by atoms with E-state index in [1.165, 1.54) is 15.3 Å². The smallest absolute Gasteiger partial charge is 0.234 e. The molecule has 0 atom stereocenters. The summed E-state index contributed by atoms with van der Waals surface area (Å²) in [6.07, 6.45) is 0. The number of anilines is 1. The number of hydrogen-bond donors (Lipinski definition) is 1. The highest BCUT2D eigenvalue weighted by molar-refractivity contribution is 14.1. The number of para-hydroxylation sites is 1. The van der Waals surface area contributed by atoms with Gasteiger partial charge in [0.05, 0.1) is 16.0 Å². The highest BCUT2D eigenvalue weighted by Gasteiger charge is 2.11. The number of thioether (sulfide) groups is 1. The summed E-state index contributed by atoms with van der Waals surface area (Å²) in [6.45, 7) is 4.04. The van der Waals surface area contributed by atoms with Crippen molar-refractivity contribution in [2.45, 2.75) is 18.2 Å². The molecule has 0 fully saturated rings. The van der Waals surface area contributed by atoms with Crippen LogP contribution in [0.25, 0.3) is 10.2 Å². The van der Waals surface area contributed by atoms with Crippen LogP contribution < -0.4 is 5.32 Å². The fraction of sp³-hybridized carbons (Fsp3) is 0.176. The Kier molecular flexibility index (Phi) is 5.23. The van der Waals surface area contributed by atoms with Crippen LogP contribution >= 0.6 is 45.7 Å². The Morgan fingerprint density at radius 1 is 1.26 bits per heavy atom. The summed E-state index contributed by atoms with van der Waals surface area (Å²) in [6, 6.07) is 12.2. The third kappa shape index (κ3) is 4.05. The molecule has 0 radical (unpaired) electrons. The van der Waals surface area contributed by atoms with E-state index in [1.54, 1.807) is 11.3 Å². The van der Waals surface area contributed by atoms with Crippen LogP contribution in [-0.2, 0) is 4.79 Å². The molecule has 1 aromatic heterocycles. The Balaban J connectivity index is 1.66. The van der Waals surface area contributed by atoms with Crippen LogP contribution in [-0.4, -0.2) is 16.6 Å². The van der Waals surface area contributed by atoms with Gasteiger partial charge in [-0.05, 0) is 71.8 Å². The molecule has 0 aliphatic heterocycles. The van der Waals surface area contributed by atoms with Gasteiger partial charge in [-0.2, -0.15) is 0 Å². The minimum absolute atomic E-state index is 0.00154. The second-order valence-corrected chi connectivity index (χ2v) is 8.70. The summed E-state index contributed by atoms with van der Waals surface area (Å²) in [5.41, 5.74) is 4.09. The van der Waals surface area contributed by atoms with Crippen LogP contribution in [0, 0.1) is 17.4 Å². The molecule has 0 bridgehead atoms. The zero-order valence-electron chi connectivity index (χ0n) is 12.7. The van der Waals surface area contributed by atoms with Crippen molar-refractivity contribution in [3.63, 3.8) is 0 Å². The molecule has 0 saturated carbocycles. The van der Waals surface area contributed by atoms with E-state index in [9.17, 15) is 4.79 Å². The second-order valence-electron chi connectivity index (χ2n) is 5.20. The number of aryl methyl sites for hydroxylation is 2. The molecule has 0 unspecified atom stereocenters. The number of halogens is 1. The lowest BCUT2D eigenvalue weighted by Crippen LogP contribution is -2.15. The fourth-order valence-corrected chi connectivity index (χ4v) is 5.13. The molecular weight excluding hydrogens is 439 g/mol. The molecule has 3 rings (SSSR count). The Hall–Kier alpha value is -1.12. The number of benzene rings is 2. The van der Waals surface area contributed by atoms with E-state index in [0.29, 0.717) is 5.75 Å². The van der Waals surface area contributed by atoms with Crippen molar-refractivity contribution >= 4 is 67.5 Å². The predicted molar refractivity (Wildman–Crippen MR) is 108 cm³/mol. The van der Waals surface area contributed by atoms with Crippen molar-refractivity contribution in [1.82, 2.24) is 4.98 Å². The largest absolute Gasteiger partial charge is 0.325 e. The Morgan fingerprint density at radius 3 is 2.65 bits per heavy atom. The third-order valence-corrected chi connectivity index (χ3v) is 6.17. The maximum atomic E-state index is 12.2. The SMILES string of the molecule is Cc1cc(I)cc(C)c1NC(=O)CSc1nc2ccccc2s1. The minimum atomic E-state index is 0.00154. The third-order valence-electron chi connectivity index (χ3n) is 3.36. The number of nitrogens with one attached hydrogen (secondary N) is 1. The molecule has 2 aromatic carbocycles. The van der Waals surface area contributed by atoms with Crippen LogP contribution in [0.2, 0.25) is 0 Å². The van der Waals surface area contributed by atoms with Crippen LogP contribution in [0.3, 0.4) is 0 Å². The van der Waals surface area contributed by atoms with Crippen molar-refractivity contribution in [1.29, 1.82) is 0 Å². The van der Waals surface area contributed by atoms with E-state index in [4.69, 9.17) is 0 Å². The highest BCUT2D eigenvalue weighted by atomic mass is 127. The van der Waals surface area contributed by atoms with E-state index in [0.717, 1.165) is 31.4 Å². The van der Waals surface area contributed by atoms with Crippen molar-refractivity contribution in [2.75, 3.05) is 11.1 Å². The first-order valence-corrected chi connectivity index (χ1v) is 9.96. The van der Waals surface area contributed by atoms with Gasteiger partial charge >= 0.3 is 0 Å². The molecule has 1 N–H and O–H groups in total. The van der Waals surface area contributed by atoms with E-state index in [2.05, 4.69) is 51.1 Å². The topological polar surface area (TPSA) is 42.0 Å². The number of hydrogen-bond acceptors (Lipinski definition) is 4. The molecule has 0 spiro atoms. The fourth-order valence-electron chi connectivity index (χ4n) is 2.32. The van der Waals surface area contributed by atoms with E-state index < -0.39 is 0 Å². The molecule has 0 aliphatic carbocycles. The Morgan fingerprint density at radius 2 is 1.96 bits per heavy atom. The number of aromatic nitrogens is 1. The molecule has 118 valence electrons. The zero-order valence-corrected chi connectivity index (χ0v) is 16.5. The number of amides is 1. The molecule has 23 heavy (non-hydrogen) atoms. The highest BCUT2D eigenvalue weighted by Crippen LogP contribution is 2.29. The van der Waals surface area contributed by atoms with Gasteiger partial charge in [0.15, 0.2) is 4.34 Å². The maximum Gasteiger partial charge on any atom is 0.234 e. The zero-order chi connectivity index (χ0) is 16.4. The molecule has 3 aromatic rings. The van der Waals surface area contributed by atoms with Crippen molar-refractivity contribution in [2.24, 2.45) is 0 Å². The molecule has 0 aliphatic rings. The van der Waals surface area contributed by atoms with E-state index in [-0.39, 0.29) is 5.91 Å². The molecular formula is C17H15IN2OS2. The van der Waals surface area contributed by atoms with Crippen LogP contribution in [0.5, 0.6) is 0 Å². The summed E-state index contributed by atoms with van der Waals surface area (Å²) < 4.78 is 3.26. The normalized spacial score (nSPS) is 10.9. The average molecular weight is 454 g/mol. The monoisotopic (exact) mass is 454 g/mol. The molecule has 1 amide bonds. The van der Waals surface area contributed by atoms with Gasteiger partial charge in [-0.1, -0.05) is 23.9 Å². The maximum absolute atomic E-state index is 12.2. The minimum Gasteiger partial charge on any atom is -0.325 e. The van der Waals surface area contributed by atoms with Gasteiger partial charge in [0.25, 0.3) is 0 Å². The van der Waals surface area contributed by atoms with Gasteiger partial charge in [0, 0.05) is 9.26 Å². The molecule has 1 heterocycles. The summed E-state index contributed by atoms with van der Waals surface area (Å²) in [7, 11) is 0. The number of carbonyl (C=O) groups is 1. The summed E-state index contributed by atoms with van der Waals surface area (Å²) in [5, 5.41) is 3.02. The van der Waals surface area contributed by atoms with Gasteiger partial charge in [0.2, 0.25) is 5.91 Å². The van der Waals surface area contributed by atoms with Gasteiger partial charge in [-0.15, -0.1) is 11.3 Å². The number of carbonyl (C=O) groups excluding carboxylic acids is 1. The van der Waals surface area contributed by atoms with Crippen LogP contribution in [0.4, 0.5) is 5.69 Å². The van der Waals surface area contributed by atoms with Gasteiger partial charge in [-0.3, -0.25) is 4.79 Å². The molecule has 6 heteroatoms. The first kappa shape index (κ1) is 16.7. The second kappa shape index (κ2) is 7.19. The quantitative estimate of drug-likeness (QED) is 0.433. The number of fused-ring (bicyclic) bond motifs is 1. The van der Waals surface area contributed by atoms with Gasteiger partial charge < -0.3 is 5.32 Å². The average Bonchev–Trinajstić information content (AvgIpc) is 2.91. The van der Waals surface area contributed by atoms with Crippen molar-refractivity contribution in [3.05, 3.63) is 51.1 Å². The summed E-state index contributed by atoms with van der Waals surface area (Å²) >= 11 is 5.40. The lowest BCUT2D eigenvalue weighted by molar-refractivity contribution is -0.113. The number of thiazole rings is 1. The number of nitrogens with zero attached hydrogens (tertiary/aromatic N) is 1. The molecule has 0 saturated heterocycles. The lowest BCUT2D eigenvalue weighted by atomic mass is 10.1. The van der Waals surface area contributed by atoms with Crippen molar-refractivity contribution < 1.29 is 4.79 Å². The van der Waals surface area contributed by atoms with Gasteiger partial charge in [-0.25, -0.2) is 4.98 Å². The first-order chi connectivity index (χ1) is 11.0. The first-order valence-electron chi connectivity index (χ1n) is 7.08. The standard InChI is InChI=1S/C17H15IN2OS2/c1-10-7-12(18)8-11(2)16(10)20-15(21)9-22-17-19-13-5-3-4-6-14(13)23-17/h3-8H,9H2,1-2H3,(H,20,21). The lowest BCUT2D eigenvalue weighted by Gasteiger charge is -2.12.